The summed E-state index contributed by atoms with van der Waals surface area (Å²) in [7, 11) is 2.53. The number of hydrogen-bond acceptors (Lipinski definition) is 5. The number of hydrogen-bond donors (Lipinski definition) is 1. The molecule has 0 unspecified atom stereocenters. The highest BCUT2D eigenvalue weighted by molar-refractivity contribution is 5.90. The molecule has 12 heavy (non-hydrogen) atoms. The molecule has 0 heterocycles. The van der Waals surface area contributed by atoms with Crippen LogP contribution in [0, 0.1) is 0 Å². The van der Waals surface area contributed by atoms with Crippen LogP contribution < -0.4 is 0 Å². The zero-order valence-electron chi connectivity index (χ0n) is 6.77. The molecule has 0 aromatic heterocycles. The third-order valence-corrected chi connectivity index (χ3v) is 0.908. The van der Waals surface area contributed by atoms with Crippen molar-refractivity contribution in [1.29, 1.82) is 0 Å². The third-order valence-electron chi connectivity index (χ3n) is 0.908. The molecule has 0 aromatic carbocycles. The van der Waals surface area contributed by atoms with Gasteiger partial charge < -0.3 is 19.3 Å². The minimum atomic E-state index is -1.26. The quantitative estimate of drug-likeness (QED) is 0.350. The lowest BCUT2D eigenvalue weighted by Crippen LogP contribution is -2.23. The van der Waals surface area contributed by atoms with E-state index in [2.05, 4.69) is 14.2 Å². The van der Waals surface area contributed by atoms with Gasteiger partial charge in [0.1, 0.15) is 6.42 Å². The van der Waals surface area contributed by atoms with Gasteiger partial charge in [-0.25, -0.2) is 0 Å². The van der Waals surface area contributed by atoms with Gasteiger partial charge in [-0.1, -0.05) is 0 Å². The Morgan fingerprint density at radius 2 is 1.83 bits per heavy atom. The number of carbonyl (C=O) groups excluding carboxylic acids is 1. The van der Waals surface area contributed by atoms with E-state index in [0.29, 0.717) is 0 Å². The van der Waals surface area contributed by atoms with Crippen LogP contribution in [-0.4, -0.2) is 37.7 Å². The molecule has 0 fully saturated rings. The van der Waals surface area contributed by atoms with Crippen LogP contribution in [0.1, 0.15) is 6.42 Å². The minimum absolute atomic E-state index is 0.705. The Balaban J connectivity index is 3.74. The topological polar surface area (TPSA) is 82.1 Å². The summed E-state index contributed by atoms with van der Waals surface area (Å²) in [5.41, 5.74) is 0. The summed E-state index contributed by atoms with van der Waals surface area (Å²) in [6.07, 6.45) is -0.705. The predicted octanol–water partition coefficient (Wildman–Crippen LogP) is -0.419. The molecule has 0 aliphatic carbocycles. The Morgan fingerprint density at radius 1 is 1.33 bits per heavy atom. The van der Waals surface area contributed by atoms with Crippen molar-refractivity contribution in [1.82, 2.24) is 0 Å². The highest BCUT2D eigenvalue weighted by Gasteiger charge is 2.14. The van der Waals surface area contributed by atoms with E-state index in [1.807, 2.05) is 0 Å². The zero-order valence-corrected chi connectivity index (χ0v) is 6.77. The Hall–Kier alpha value is -1.14. The molecule has 6 nitrogen and oxygen atoms in total. The van der Waals surface area contributed by atoms with Gasteiger partial charge in [0.2, 0.25) is 0 Å². The third kappa shape index (κ3) is 4.64. The number of carbonyl (C=O) groups is 2. The fourth-order valence-corrected chi connectivity index (χ4v) is 0.465. The number of methoxy groups -OCH3 is 2. The van der Waals surface area contributed by atoms with Gasteiger partial charge in [-0.3, -0.25) is 9.59 Å². The lowest BCUT2D eigenvalue weighted by atomic mass is 10.4. The van der Waals surface area contributed by atoms with Crippen molar-refractivity contribution in [3.63, 3.8) is 0 Å². The second-order valence-electron chi connectivity index (χ2n) is 1.82. The fraction of sp³-hybridized carbons (Fsp3) is 0.667. The van der Waals surface area contributed by atoms with Crippen LogP contribution in [0.25, 0.3) is 0 Å². The second-order valence-corrected chi connectivity index (χ2v) is 1.82. The summed E-state index contributed by atoms with van der Waals surface area (Å²) in [4.78, 5) is 20.6. The lowest BCUT2D eigenvalue weighted by Gasteiger charge is -2.12. The SMILES string of the molecule is COC(OC)OC(=O)CC(=O)O. The molecule has 0 radical (unpaired) electrons. The summed E-state index contributed by atoms with van der Waals surface area (Å²) in [5.74, 6) is -2.16. The molecule has 0 aromatic rings. The van der Waals surface area contributed by atoms with E-state index in [9.17, 15) is 9.59 Å². The first-order valence-corrected chi connectivity index (χ1v) is 3.07. The molecule has 0 amide bonds. The monoisotopic (exact) mass is 178 g/mol. The molecular formula is C6H10O6. The van der Waals surface area contributed by atoms with Crippen LogP contribution >= 0.6 is 0 Å². The summed E-state index contributed by atoms with van der Waals surface area (Å²) in [6, 6.07) is 0. The van der Waals surface area contributed by atoms with E-state index in [-0.39, 0.29) is 0 Å². The molecule has 0 saturated carbocycles. The maximum Gasteiger partial charge on any atom is 0.321 e. The summed E-state index contributed by atoms with van der Waals surface area (Å²) >= 11 is 0. The van der Waals surface area contributed by atoms with Crippen molar-refractivity contribution in [3.8, 4) is 0 Å². The number of aliphatic carboxylic acids is 1. The largest absolute Gasteiger partial charge is 0.481 e. The van der Waals surface area contributed by atoms with E-state index < -0.39 is 24.8 Å². The van der Waals surface area contributed by atoms with Crippen LogP contribution in [0.5, 0.6) is 0 Å². The Morgan fingerprint density at radius 3 is 2.17 bits per heavy atom. The first-order valence-electron chi connectivity index (χ1n) is 3.07. The van der Waals surface area contributed by atoms with Gasteiger partial charge in [0.15, 0.2) is 0 Å². The normalized spacial score (nSPS) is 9.92. The van der Waals surface area contributed by atoms with Gasteiger partial charge in [-0.05, 0) is 0 Å². The Labute approximate surface area is 69.0 Å². The maximum atomic E-state index is 10.6. The Kier molecular flexibility index (Phi) is 4.98. The molecule has 0 rings (SSSR count). The van der Waals surface area contributed by atoms with Gasteiger partial charge in [0, 0.05) is 14.2 Å². The highest BCUT2D eigenvalue weighted by atomic mass is 16.8. The van der Waals surface area contributed by atoms with Crippen molar-refractivity contribution in [2.75, 3.05) is 14.2 Å². The highest BCUT2D eigenvalue weighted by Crippen LogP contribution is 1.96. The average molecular weight is 178 g/mol. The molecule has 70 valence electrons. The lowest BCUT2D eigenvalue weighted by molar-refractivity contribution is -0.255. The smallest absolute Gasteiger partial charge is 0.321 e. The van der Waals surface area contributed by atoms with Crippen LogP contribution in [0.3, 0.4) is 0 Å². The number of rotatable bonds is 5. The van der Waals surface area contributed by atoms with E-state index >= 15 is 0 Å². The van der Waals surface area contributed by atoms with Gasteiger partial charge in [0.25, 0.3) is 0 Å². The van der Waals surface area contributed by atoms with E-state index in [4.69, 9.17) is 5.11 Å². The second kappa shape index (κ2) is 5.50. The van der Waals surface area contributed by atoms with Crippen molar-refractivity contribution in [2.45, 2.75) is 12.9 Å². The molecule has 0 atom stereocenters. The maximum absolute atomic E-state index is 10.6. The number of carboxylic acids is 1. The molecular weight excluding hydrogens is 168 g/mol. The number of esters is 1. The molecule has 1 N–H and O–H groups in total. The number of ether oxygens (including phenoxy) is 3. The van der Waals surface area contributed by atoms with E-state index in [1.165, 1.54) is 14.2 Å². The zero-order chi connectivity index (χ0) is 9.56. The van der Waals surface area contributed by atoms with Crippen molar-refractivity contribution >= 4 is 11.9 Å². The first kappa shape index (κ1) is 10.9. The minimum Gasteiger partial charge on any atom is -0.481 e. The average Bonchev–Trinajstić information content (AvgIpc) is 1.98. The van der Waals surface area contributed by atoms with Crippen molar-refractivity contribution < 1.29 is 28.9 Å². The van der Waals surface area contributed by atoms with Crippen LogP contribution in [0.4, 0.5) is 0 Å². The van der Waals surface area contributed by atoms with Gasteiger partial charge >= 0.3 is 18.4 Å². The summed E-state index contributed by atoms with van der Waals surface area (Å²) < 4.78 is 13.4. The standard InChI is InChI=1S/C6H10O6/c1-10-6(11-2)12-5(9)3-4(7)8/h6H,3H2,1-2H3,(H,7,8). The van der Waals surface area contributed by atoms with Crippen molar-refractivity contribution in [3.05, 3.63) is 0 Å². The predicted molar refractivity (Wildman–Crippen MR) is 36.2 cm³/mol. The van der Waals surface area contributed by atoms with Crippen molar-refractivity contribution in [2.24, 2.45) is 0 Å². The summed E-state index contributed by atoms with van der Waals surface area (Å²) in [5, 5.41) is 8.16. The van der Waals surface area contributed by atoms with Gasteiger partial charge in [-0.2, -0.15) is 0 Å². The number of carboxylic acid groups (broad SMARTS) is 1. The molecule has 0 spiro atoms. The molecule has 0 bridgehead atoms. The van der Waals surface area contributed by atoms with Crippen LogP contribution in [0.15, 0.2) is 0 Å². The van der Waals surface area contributed by atoms with Gasteiger partial charge in [0.05, 0.1) is 0 Å². The van der Waals surface area contributed by atoms with Crippen LogP contribution in [0.2, 0.25) is 0 Å². The molecule has 6 heteroatoms. The molecule has 0 aliphatic rings. The van der Waals surface area contributed by atoms with E-state index in [1.54, 1.807) is 0 Å². The molecule has 0 aliphatic heterocycles. The Bertz CT molecular complexity index is 161. The fourth-order valence-electron chi connectivity index (χ4n) is 0.465. The van der Waals surface area contributed by atoms with E-state index in [0.717, 1.165) is 0 Å². The summed E-state index contributed by atoms with van der Waals surface area (Å²) in [6.45, 7) is -1.14. The van der Waals surface area contributed by atoms with Crippen LogP contribution in [-0.2, 0) is 23.8 Å². The first-order chi connectivity index (χ1) is 5.60. The molecule has 0 saturated heterocycles. The van der Waals surface area contributed by atoms with Gasteiger partial charge in [-0.15, -0.1) is 0 Å².